The number of hydrogen-bond acceptors (Lipinski definition) is 7. The number of carbonyl (C=O) groups excluding carboxylic acids is 2. The van der Waals surface area contributed by atoms with Crippen LogP contribution in [0.1, 0.15) is 23.7 Å². The zero-order valence-electron chi connectivity index (χ0n) is 17.4. The van der Waals surface area contributed by atoms with E-state index in [4.69, 9.17) is 4.74 Å². The van der Waals surface area contributed by atoms with E-state index in [0.717, 1.165) is 0 Å². The van der Waals surface area contributed by atoms with Crippen molar-refractivity contribution >= 4 is 37.4 Å². The first-order valence-electron chi connectivity index (χ1n) is 9.96. The first-order valence-corrected chi connectivity index (χ1v) is 13.3. The summed E-state index contributed by atoms with van der Waals surface area (Å²) in [4.78, 5) is 26.4. The van der Waals surface area contributed by atoms with Crippen LogP contribution in [-0.4, -0.2) is 64.3 Å². The minimum absolute atomic E-state index is 0.0346. The first kappa shape index (κ1) is 23.7. The van der Waals surface area contributed by atoms with Gasteiger partial charge in [0.15, 0.2) is 16.4 Å². The van der Waals surface area contributed by atoms with Crippen molar-refractivity contribution in [1.29, 1.82) is 0 Å². The van der Waals surface area contributed by atoms with Crippen LogP contribution in [0.3, 0.4) is 0 Å². The molecule has 1 amide bonds. The quantitative estimate of drug-likeness (QED) is 0.570. The number of amides is 1. The molecule has 1 heterocycles. The third-order valence-electron chi connectivity index (χ3n) is 5.04. The van der Waals surface area contributed by atoms with E-state index in [1.807, 2.05) is 0 Å². The second-order valence-corrected chi connectivity index (χ2v) is 11.2. The Morgan fingerprint density at radius 2 is 1.84 bits per heavy atom. The molecule has 9 nitrogen and oxygen atoms in total. The van der Waals surface area contributed by atoms with E-state index in [1.165, 1.54) is 41.3 Å². The Hall–Kier alpha value is -2.92. The van der Waals surface area contributed by atoms with Crippen LogP contribution >= 0.6 is 0 Å². The predicted molar refractivity (Wildman–Crippen MR) is 118 cm³/mol. The lowest BCUT2D eigenvalue weighted by Gasteiger charge is -2.26. The van der Waals surface area contributed by atoms with E-state index in [2.05, 4.69) is 4.72 Å². The van der Waals surface area contributed by atoms with Crippen LogP contribution in [-0.2, 0) is 29.4 Å². The van der Waals surface area contributed by atoms with Crippen LogP contribution in [0, 0.1) is 0 Å². The van der Waals surface area contributed by atoms with Gasteiger partial charge in [-0.2, -0.15) is 0 Å². The molecule has 32 heavy (non-hydrogen) atoms. The molecule has 1 fully saturated rings. The second kappa shape index (κ2) is 9.70. The molecule has 2 aromatic rings. The maximum atomic E-state index is 12.5. The van der Waals surface area contributed by atoms with Gasteiger partial charge in [0.25, 0.3) is 15.9 Å². The molecule has 172 valence electrons. The summed E-state index contributed by atoms with van der Waals surface area (Å²) in [6.45, 7) is 1.49. The Kier molecular flexibility index (Phi) is 7.19. The monoisotopic (exact) mass is 480 g/mol. The fourth-order valence-corrected chi connectivity index (χ4v) is 6.28. The summed E-state index contributed by atoms with van der Waals surface area (Å²) < 4.78 is 55.8. The highest BCUT2D eigenvalue weighted by Crippen LogP contribution is 2.19. The van der Waals surface area contributed by atoms with Gasteiger partial charge in [-0.05, 0) is 43.7 Å². The number of hydrogen-bond donors (Lipinski definition) is 1. The molecule has 1 N–H and O–H groups in total. The van der Waals surface area contributed by atoms with Gasteiger partial charge in [0.1, 0.15) is 0 Å². The van der Waals surface area contributed by atoms with E-state index in [9.17, 15) is 26.4 Å². The second-order valence-electron chi connectivity index (χ2n) is 7.31. The van der Waals surface area contributed by atoms with Gasteiger partial charge in [-0.1, -0.05) is 24.3 Å². The van der Waals surface area contributed by atoms with Crippen LogP contribution in [0.4, 0.5) is 5.69 Å². The molecule has 2 aromatic carbocycles. The average Bonchev–Trinajstić information content (AvgIpc) is 3.12. The molecule has 1 saturated heterocycles. The van der Waals surface area contributed by atoms with Gasteiger partial charge in [-0.3, -0.25) is 9.52 Å². The number of sulfonamides is 1. The smallest absolute Gasteiger partial charge is 0.338 e. The molecule has 1 aliphatic rings. The lowest BCUT2D eigenvalue weighted by molar-refractivity contribution is -0.136. The number of likely N-dealkylation sites (N-methyl/N-ethyl adjacent to an activating group) is 1. The number of esters is 1. The summed E-state index contributed by atoms with van der Waals surface area (Å²) in [5, 5.41) is 0. The van der Waals surface area contributed by atoms with E-state index in [0.29, 0.717) is 13.0 Å². The maximum absolute atomic E-state index is 12.5. The number of benzene rings is 2. The highest BCUT2D eigenvalue weighted by molar-refractivity contribution is 7.92. The third-order valence-corrected chi connectivity index (χ3v) is 8.19. The third kappa shape index (κ3) is 5.86. The van der Waals surface area contributed by atoms with Crippen molar-refractivity contribution in [3.8, 4) is 0 Å². The van der Waals surface area contributed by atoms with Crippen molar-refractivity contribution in [3.05, 3.63) is 60.2 Å². The topological polar surface area (TPSA) is 127 Å². The van der Waals surface area contributed by atoms with Crippen LogP contribution in [0.2, 0.25) is 0 Å². The molecule has 11 heteroatoms. The van der Waals surface area contributed by atoms with Gasteiger partial charge in [-0.25, -0.2) is 21.6 Å². The molecule has 1 aliphatic heterocycles. The number of anilines is 1. The molecule has 0 saturated carbocycles. The normalized spacial score (nSPS) is 17.5. The first-order chi connectivity index (χ1) is 15.1. The predicted octanol–water partition coefficient (Wildman–Crippen LogP) is 1.68. The maximum Gasteiger partial charge on any atom is 0.338 e. The molecule has 0 aromatic heterocycles. The Morgan fingerprint density at radius 1 is 1.12 bits per heavy atom. The van der Waals surface area contributed by atoms with E-state index in [-0.39, 0.29) is 27.7 Å². The minimum atomic E-state index is -3.83. The van der Waals surface area contributed by atoms with Crippen molar-refractivity contribution in [2.24, 2.45) is 0 Å². The molecular formula is C21H24N2O7S2. The number of nitrogens with zero attached hydrogens (tertiary/aromatic N) is 1. The average molecular weight is 481 g/mol. The van der Waals surface area contributed by atoms with Crippen molar-refractivity contribution in [2.45, 2.75) is 24.3 Å². The molecule has 1 unspecified atom stereocenters. The fourth-order valence-electron chi connectivity index (χ4n) is 3.48. The number of nitrogens with one attached hydrogen (secondary N) is 1. The van der Waals surface area contributed by atoms with E-state index in [1.54, 1.807) is 25.1 Å². The molecule has 0 bridgehead atoms. The summed E-state index contributed by atoms with van der Waals surface area (Å²) in [5.41, 5.74) is 0.235. The molecule has 0 spiro atoms. The van der Waals surface area contributed by atoms with Gasteiger partial charge in [0.2, 0.25) is 0 Å². The zero-order chi connectivity index (χ0) is 23.4. The summed E-state index contributed by atoms with van der Waals surface area (Å²) >= 11 is 0. The highest BCUT2D eigenvalue weighted by atomic mass is 32.2. The van der Waals surface area contributed by atoms with Gasteiger partial charge in [0.05, 0.1) is 22.0 Å². The molecule has 3 rings (SSSR count). The van der Waals surface area contributed by atoms with Crippen LogP contribution in [0.5, 0.6) is 0 Å². The number of rotatable bonds is 8. The Morgan fingerprint density at radius 3 is 2.47 bits per heavy atom. The lowest BCUT2D eigenvalue weighted by atomic mass is 10.2. The largest absolute Gasteiger partial charge is 0.452 e. The standard InChI is InChI=1S/C21H24N2O7S2/c1-2-23(18-11-12-31(26,27)15-18)20(24)14-30-21(25)16-7-6-8-17(13-16)22-32(28,29)19-9-4-3-5-10-19/h3-10,13,18,22H,2,11-12,14-15H2,1H3. The number of carbonyl (C=O) groups is 2. The van der Waals surface area contributed by atoms with Crippen LogP contribution < -0.4 is 4.72 Å². The van der Waals surface area contributed by atoms with Gasteiger partial charge in [0, 0.05) is 18.3 Å². The summed E-state index contributed by atoms with van der Waals surface area (Å²) in [6, 6.07) is 13.1. The fraction of sp³-hybridized carbons (Fsp3) is 0.333. The highest BCUT2D eigenvalue weighted by Gasteiger charge is 2.34. The van der Waals surface area contributed by atoms with Crippen LogP contribution in [0.25, 0.3) is 0 Å². The van der Waals surface area contributed by atoms with Crippen molar-refractivity contribution in [3.63, 3.8) is 0 Å². The summed E-state index contributed by atoms with van der Waals surface area (Å²) in [6.07, 6.45) is 0.361. The SMILES string of the molecule is CCN(C(=O)COC(=O)c1cccc(NS(=O)(=O)c2ccccc2)c1)C1CCS(=O)(=O)C1. The number of sulfone groups is 1. The van der Waals surface area contributed by atoms with Crippen molar-refractivity contribution in [2.75, 3.05) is 29.4 Å². The van der Waals surface area contributed by atoms with Gasteiger partial charge < -0.3 is 9.64 Å². The van der Waals surface area contributed by atoms with Crippen molar-refractivity contribution < 1.29 is 31.2 Å². The molecular weight excluding hydrogens is 456 g/mol. The van der Waals surface area contributed by atoms with E-state index < -0.39 is 44.4 Å². The van der Waals surface area contributed by atoms with Crippen LogP contribution in [0.15, 0.2) is 59.5 Å². The molecule has 1 atom stereocenters. The van der Waals surface area contributed by atoms with Crippen molar-refractivity contribution in [1.82, 2.24) is 4.90 Å². The van der Waals surface area contributed by atoms with E-state index >= 15 is 0 Å². The summed E-state index contributed by atoms with van der Waals surface area (Å²) in [7, 11) is -6.98. The molecule has 0 radical (unpaired) electrons. The Bertz CT molecular complexity index is 1200. The molecule has 0 aliphatic carbocycles. The number of ether oxygens (including phenoxy) is 1. The zero-order valence-corrected chi connectivity index (χ0v) is 19.1. The van der Waals surface area contributed by atoms with Gasteiger partial charge >= 0.3 is 5.97 Å². The minimum Gasteiger partial charge on any atom is -0.452 e. The lowest BCUT2D eigenvalue weighted by Crippen LogP contribution is -2.43. The Balaban J connectivity index is 1.63. The Labute approximate surface area is 187 Å². The van der Waals surface area contributed by atoms with Gasteiger partial charge in [-0.15, -0.1) is 0 Å². The summed E-state index contributed by atoms with van der Waals surface area (Å²) in [5.74, 6) is -1.34.